The van der Waals surface area contributed by atoms with Crippen LogP contribution in [0.25, 0.3) is 5.65 Å². The number of aromatic nitrogens is 3. The number of carbonyl (C=O) groups is 4. The number of nitrogens with one attached hydrogen (secondary N) is 3. The number of halogens is 2. The van der Waals surface area contributed by atoms with Crippen molar-refractivity contribution in [3.63, 3.8) is 0 Å². The summed E-state index contributed by atoms with van der Waals surface area (Å²) in [6.07, 6.45) is 11.5. The Morgan fingerprint density at radius 2 is 1.71 bits per heavy atom. The minimum absolute atomic E-state index is 0.224. The van der Waals surface area contributed by atoms with E-state index in [0.717, 1.165) is 75.9 Å². The summed E-state index contributed by atoms with van der Waals surface area (Å²) in [5.41, 5.74) is 3.17. The summed E-state index contributed by atoms with van der Waals surface area (Å²) < 4.78 is 30.1. The minimum atomic E-state index is -0.483. The third kappa shape index (κ3) is 9.35. The second kappa shape index (κ2) is 17.5. The number of likely N-dealkylation sites (tertiary alicyclic amines) is 1. The van der Waals surface area contributed by atoms with Crippen LogP contribution in [-0.2, 0) is 14.4 Å². The van der Waals surface area contributed by atoms with Crippen LogP contribution >= 0.6 is 0 Å². The fourth-order valence-electron chi connectivity index (χ4n) is 8.05. The lowest BCUT2D eigenvalue weighted by Crippen LogP contribution is -2.47. The molecule has 4 aromatic rings. The largest absolute Gasteiger partial charge is 0.374 e. The molecule has 0 aliphatic carbocycles. The average molecular weight is 755 g/mol. The molecular weight excluding hydrogens is 706 g/mol. The van der Waals surface area contributed by atoms with Crippen molar-refractivity contribution in [2.24, 2.45) is 0 Å². The van der Waals surface area contributed by atoms with Gasteiger partial charge in [0, 0.05) is 43.4 Å². The quantitative estimate of drug-likeness (QED) is 0.103. The van der Waals surface area contributed by atoms with Crippen LogP contribution in [0.2, 0.25) is 0 Å². The van der Waals surface area contributed by atoms with Crippen LogP contribution < -0.4 is 20.9 Å². The van der Waals surface area contributed by atoms with Crippen LogP contribution in [0.4, 0.5) is 20.3 Å². The standard InChI is InChI=1S/C41H48F2N8O4/c42-29-10-13-34(43)32(24-29)36-7-5-20-50(36)37-18-23-51-39(47-37)33(25-45-51)40(54)44-19-4-2-1-3-6-31(52)26-49-21-16-28(17-22-49)27-8-11-30(12-9-27)46-35-14-15-38(53)48-41(35)55/h8-13,18,23-25,28,35-36,46H,1-7,14-17,19-22,26H2,(H,44,54)(H,48,53,55). The molecule has 55 heavy (non-hydrogen) atoms. The van der Waals surface area contributed by atoms with Crippen LogP contribution in [0.3, 0.4) is 0 Å². The molecule has 3 N–H and O–H groups in total. The molecule has 0 bridgehead atoms. The van der Waals surface area contributed by atoms with E-state index in [1.807, 2.05) is 17.0 Å². The first-order chi connectivity index (χ1) is 26.7. The van der Waals surface area contributed by atoms with Gasteiger partial charge in [-0.15, -0.1) is 0 Å². The van der Waals surface area contributed by atoms with Gasteiger partial charge in [-0.3, -0.25) is 29.4 Å². The predicted molar refractivity (Wildman–Crippen MR) is 204 cm³/mol. The lowest BCUT2D eigenvalue weighted by Gasteiger charge is -2.32. The zero-order valence-corrected chi connectivity index (χ0v) is 30.9. The summed E-state index contributed by atoms with van der Waals surface area (Å²) in [5, 5.41) is 12.9. The molecule has 7 rings (SSSR count). The molecule has 5 heterocycles. The highest BCUT2D eigenvalue weighted by molar-refractivity contribution is 6.01. The summed E-state index contributed by atoms with van der Waals surface area (Å²) >= 11 is 0. The second-order valence-corrected chi connectivity index (χ2v) is 14.9. The number of Topliss-reactive ketones (excluding diaryl/α,β-unsaturated/α-hetero) is 1. The van der Waals surface area contributed by atoms with Gasteiger partial charge in [0.1, 0.15) is 34.8 Å². The number of hydrogen-bond acceptors (Lipinski definition) is 9. The number of unbranched alkanes of at least 4 members (excludes halogenated alkanes) is 3. The van der Waals surface area contributed by atoms with Crippen molar-refractivity contribution in [1.82, 2.24) is 30.1 Å². The van der Waals surface area contributed by atoms with Crippen molar-refractivity contribution in [3.8, 4) is 0 Å². The number of imide groups is 1. The molecule has 3 aliphatic heterocycles. The molecule has 0 saturated carbocycles. The van der Waals surface area contributed by atoms with E-state index in [1.54, 1.807) is 12.3 Å². The normalized spacial score (nSPS) is 19.5. The molecule has 2 aromatic heterocycles. The summed E-state index contributed by atoms with van der Waals surface area (Å²) in [4.78, 5) is 58.2. The monoisotopic (exact) mass is 754 g/mol. The molecule has 2 aromatic carbocycles. The van der Waals surface area contributed by atoms with Gasteiger partial charge >= 0.3 is 0 Å². The molecule has 14 heteroatoms. The van der Waals surface area contributed by atoms with Crippen molar-refractivity contribution >= 4 is 40.7 Å². The molecule has 2 atom stereocenters. The second-order valence-electron chi connectivity index (χ2n) is 14.9. The fraction of sp³-hybridized carbons (Fsp3) is 0.463. The Labute approximate surface area is 319 Å². The molecule has 290 valence electrons. The highest BCUT2D eigenvalue weighted by Crippen LogP contribution is 2.37. The van der Waals surface area contributed by atoms with Crippen molar-refractivity contribution in [3.05, 3.63) is 89.2 Å². The Morgan fingerprint density at radius 3 is 2.51 bits per heavy atom. The van der Waals surface area contributed by atoms with Gasteiger partial charge in [0.2, 0.25) is 11.8 Å². The van der Waals surface area contributed by atoms with E-state index >= 15 is 0 Å². The Kier molecular flexibility index (Phi) is 12.1. The third-order valence-corrected chi connectivity index (χ3v) is 11.1. The van der Waals surface area contributed by atoms with Gasteiger partial charge in [-0.25, -0.2) is 18.3 Å². The number of ketones is 1. The number of anilines is 2. The van der Waals surface area contributed by atoms with Gasteiger partial charge in [0.15, 0.2) is 5.65 Å². The molecule has 12 nitrogen and oxygen atoms in total. The Hall–Kier alpha value is -5.24. The Morgan fingerprint density at radius 1 is 0.909 bits per heavy atom. The van der Waals surface area contributed by atoms with Gasteiger partial charge in [0.05, 0.1) is 18.8 Å². The summed E-state index contributed by atoms with van der Waals surface area (Å²) in [5.74, 6) is -0.438. The molecule has 3 amide bonds. The van der Waals surface area contributed by atoms with E-state index in [1.165, 1.54) is 22.3 Å². The van der Waals surface area contributed by atoms with Gasteiger partial charge in [-0.2, -0.15) is 5.10 Å². The molecule has 3 fully saturated rings. The topological polar surface area (TPSA) is 141 Å². The molecule has 3 aliphatic rings. The van der Waals surface area contributed by atoms with E-state index in [9.17, 15) is 28.0 Å². The maximum absolute atomic E-state index is 14.6. The van der Waals surface area contributed by atoms with Gasteiger partial charge in [-0.05, 0) is 106 Å². The van der Waals surface area contributed by atoms with Crippen LogP contribution in [0.1, 0.15) is 104 Å². The zero-order valence-electron chi connectivity index (χ0n) is 30.9. The highest BCUT2D eigenvalue weighted by Gasteiger charge is 2.31. The molecule has 0 radical (unpaired) electrons. The SMILES string of the molecule is O=C(CCCCCCNC(=O)c1cnn2ccc(N3CCCC3c3cc(F)ccc3F)nc12)CN1CCC(c2ccc(NC3CCC(=O)NC3=O)cc2)CC1. The maximum Gasteiger partial charge on any atom is 0.256 e. The first-order valence-electron chi connectivity index (χ1n) is 19.5. The molecule has 3 saturated heterocycles. The number of benzene rings is 2. The van der Waals surface area contributed by atoms with Gasteiger partial charge in [0.25, 0.3) is 5.91 Å². The molecule has 2 unspecified atom stereocenters. The number of rotatable bonds is 15. The first kappa shape index (κ1) is 38.1. The highest BCUT2D eigenvalue weighted by atomic mass is 19.1. The van der Waals surface area contributed by atoms with Crippen LogP contribution in [0, 0.1) is 11.6 Å². The van der Waals surface area contributed by atoms with Crippen molar-refractivity contribution < 1.29 is 28.0 Å². The van der Waals surface area contributed by atoms with Crippen LogP contribution in [-0.4, -0.2) is 81.8 Å². The third-order valence-electron chi connectivity index (χ3n) is 11.1. The number of fused-ring (bicyclic) bond motifs is 1. The van der Waals surface area contributed by atoms with E-state index in [-0.39, 0.29) is 29.5 Å². The number of amides is 3. The molecule has 0 spiro atoms. The fourth-order valence-corrected chi connectivity index (χ4v) is 8.05. The lowest BCUT2D eigenvalue weighted by molar-refractivity contribution is -0.133. The van der Waals surface area contributed by atoms with E-state index < -0.39 is 17.7 Å². The number of carbonyl (C=O) groups excluding carboxylic acids is 4. The zero-order chi connectivity index (χ0) is 38.3. The smallest absolute Gasteiger partial charge is 0.256 e. The summed E-state index contributed by atoms with van der Waals surface area (Å²) in [6, 6.07) is 12.7. The molecular formula is C41H48F2N8O4. The van der Waals surface area contributed by atoms with E-state index in [0.29, 0.717) is 73.8 Å². The van der Waals surface area contributed by atoms with Crippen LogP contribution in [0.15, 0.2) is 60.9 Å². The predicted octanol–water partition coefficient (Wildman–Crippen LogP) is 5.70. The van der Waals surface area contributed by atoms with Crippen molar-refractivity contribution in [1.29, 1.82) is 0 Å². The Balaban J connectivity index is 0.784. The number of hydrogen-bond donors (Lipinski definition) is 3. The van der Waals surface area contributed by atoms with Crippen molar-refractivity contribution in [2.45, 2.75) is 88.6 Å². The van der Waals surface area contributed by atoms with E-state index in [2.05, 4.69) is 38.1 Å². The van der Waals surface area contributed by atoms with Gasteiger partial charge < -0.3 is 15.5 Å². The van der Waals surface area contributed by atoms with Crippen molar-refractivity contribution in [2.75, 3.05) is 42.9 Å². The first-order valence-corrected chi connectivity index (χ1v) is 19.5. The summed E-state index contributed by atoms with van der Waals surface area (Å²) in [6.45, 7) is 3.36. The summed E-state index contributed by atoms with van der Waals surface area (Å²) in [7, 11) is 0. The van der Waals surface area contributed by atoms with E-state index in [4.69, 9.17) is 4.98 Å². The number of piperidine rings is 2. The van der Waals surface area contributed by atoms with Gasteiger partial charge in [-0.1, -0.05) is 25.0 Å². The number of nitrogens with zero attached hydrogens (tertiary/aromatic N) is 5. The van der Waals surface area contributed by atoms with Crippen LogP contribution in [0.5, 0.6) is 0 Å². The lowest BCUT2D eigenvalue weighted by atomic mass is 9.89. The average Bonchev–Trinajstić information content (AvgIpc) is 3.85. The minimum Gasteiger partial charge on any atom is -0.374 e. The maximum atomic E-state index is 14.6. The Bertz CT molecular complexity index is 2010.